The quantitative estimate of drug-likeness (QED) is 0.613. The molecule has 1 atom stereocenters. The lowest BCUT2D eigenvalue weighted by Gasteiger charge is -2.29. The van der Waals surface area contributed by atoms with Crippen LogP contribution in [-0.4, -0.2) is 28.0 Å². The Bertz CT molecular complexity index is 972. The Morgan fingerprint density at radius 2 is 1.83 bits per heavy atom. The van der Waals surface area contributed by atoms with E-state index in [-0.39, 0.29) is 23.1 Å². The molecule has 0 aliphatic carbocycles. The van der Waals surface area contributed by atoms with E-state index in [2.05, 4.69) is 10.0 Å². The van der Waals surface area contributed by atoms with Crippen LogP contribution in [0.2, 0.25) is 0 Å². The minimum Gasteiger partial charge on any atom is -0.495 e. The molecule has 2 aromatic rings. The second-order valence-corrected chi connectivity index (χ2v) is 8.52. The summed E-state index contributed by atoms with van der Waals surface area (Å²) < 4.78 is 32.4. The Hall–Kier alpha value is -2.64. The van der Waals surface area contributed by atoms with Crippen LogP contribution in [-0.2, 0) is 20.4 Å². The Kier molecular flexibility index (Phi) is 7.59. The van der Waals surface area contributed by atoms with Gasteiger partial charge in [0.05, 0.1) is 12.6 Å². The van der Waals surface area contributed by atoms with E-state index in [9.17, 15) is 13.2 Å². The summed E-state index contributed by atoms with van der Waals surface area (Å²) in [6, 6.07) is 14.5. The smallest absolute Gasteiger partial charge is 0.244 e. The number of ether oxygens (including phenoxy) is 1. The van der Waals surface area contributed by atoms with Gasteiger partial charge in [0.2, 0.25) is 15.9 Å². The van der Waals surface area contributed by atoms with Crippen molar-refractivity contribution in [2.75, 3.05) is 13.7 Å². The molecule has 0 fully saturated rings. The van der Waals surface area contributed by atoms with Gasteiger partial charge in [-0.1, -0.05) is 50.2 Å². The molecule has 1 amide bonds. The Balaban J connectivity index is 2.24. The predicted molar refractivity (Wildman–Crippen MR) is 115 cm³/mol. The zero-order chi connectivity index (χ0) is 21.5. The Labute approximate surface area is 173 Å². The van der Waals surface area contributed by atoms with Crippen molar-refractivity contribution in [1.29, 1.82) is 0 Å². The number of amides is 1. The van der Waals surface area contributed by atoms with Gasteiger partial charge in [-0.3, -0.25) is 4.79 Å². The number of carbonyl (C=O) groups is 1. The average Bonchev–Trinajstić information content (AvgIpc) is 2.72. The number of carbonyl (C=O) groups excluding carboxylic acids is 1. The van der Waals surface area contributed by atoms with E-state index in [0.717, 1.165) is 12.0 Å². The SMILES string of the molecule is CCNS(=O)(=O)c1cc(/C=C/C(=O)NC(C)(CC)c2ccccc2)ccc1OC. The molecule has 29 heavy (non-hydrogen) atoms. The summed E-state index contributed by atoms with van der Waals surface area (Å²) in [5.41, 5.74) is 1.10. The number of benzene rings is 2. The number of hydrogen-bond acceptors (Lipinski definition) is 4. The number of rotatable bonds is 9. The van der Waals surface area contributed by atoms with Gasteiger partial charge in [0, 0.05) is 12.6 Å². The van der Waals surface area contributed by atoms with Crippen molar-refractivity contribution in [2.45, 2.75) is 37.6 Å². The van der Waals surface area contributed by atoms with E-state index < -0.39 is 15.6 Å². The molecule has 2 aromatic carbocycles. The summed E-state index contributed by atoms with van der Waals surface area (Å²) in [6.45, 7) is 5.96. The van der Waals surface area contributed by atoms with Crippen LogP contribution in [0, 0.1) is 0 Å². The lowest BCUT2D eigenvalue weighted by atomic mass is 9.89. The molecule has 0 saturated carbocycles. The third-order valence-electron chi connectivity index (χ3n) is 4.76. The molecule has 0 aliphatic rings. The Morgan fingerprint density at radius 1 is 1.14 bits per heavy atom. The van der Waals surface area contributed by atoms with Crippen molar-refractivity contribution in [1.82, 2.24) is 10.0 Å². The van der Waals surface area contributed by atoms with Gasteiger partial charge in [-0.15, -0.1) is 0 Å². The van der Waals surface area contributed by atoms with E-state index in [1.54, 1.807) is 25.1 Å². The maximum atomic E-state index is 12.5. The van der Waals surface area contributed by atoms with Crippen LogP contribution < -0.4 is 14.8 Å². The molecule has 0 bridgehead atoms. The van der Waals surface area contributed by atoms with Crippen LogP contribution in [0.3, 0.4) is 0 Å². The highest BCUT2D eigenvalue weighted by molar-refractivity contribution is 7.89. The van der Waals surface area contributed by atoms with Crippen LogP contribution in [0.1, 0.15) is 38.3 Å². The van der Waals surface area contributed by atoms with E-state index in [1.165, 1.54) is 19.3 Å². The van der Waals surface area contributed by atoms with E-state index in [1.807, 2.05) is 44.2 Å². The highest BCUT2D eigenvalue weighted by atomic mass is 32.2. The lowest BCUT2D eigenvalue weighted by molar-refractivity contribution is -0.118. The number of sulfonamides is 1. The first-order valence-corrected chi connectivity index (χ1v) is 11.0. The molecular formula is C22H28N2O4S. The molecule has 1 unspecified atom stereocenters. The number of methoxy groups -OCH3 is 1. The second kappa shape index (κ2) is 9.71. The van der Waals surface area contributed by atoms with Crippen molar-refractivity contribution < 1.29 is 17.9 Å². The fourth-order valence-corrected chi connectivity index (χ4v) is 4.17. The van der Waals surface area contributed by atoms with Gasteiger partial charge in [0.15, 0.2) is 0 Å². The molecule has 2 N–H and O–H groups in total. The highest BCUT2D eigenvalue weighted by Crippen LogP contribution is 2.26. The molecule has 156 valence electrons. The van der Waals surface area contributed by atoms with E-state index in [0.29, 0.717) is 5.56 Å². The van der Waals surface area contributed by atoms with Crippen molar-refractivity contribution >= 4 is 22.0 Å². The van der Waals surface area contributed by atoms with Crippen LogP contribution in [0.15, 0.2) is 59.5 Å². The Morgan fingerprint density at radius 3 is 2.41 bits per heavy atom. The molecule has 6 nitrogen and oxygen atoms in total. The average molecular weight is 417 g/mol. The van der Waals surface area contributed by atoms with Crippen molar-refractivity contribution in [2.24, 2.45) is 0 Å². The minimum absolute atomic E-state index is 0.0343. The summed E-state index contributed by atoms with van der Waals surface area (Å²) >= 11 is 0. The van der Waals surface area contributed by atoms with Crippen LogP contribution in [0.4, 0.5) is 0 Å². The van der Waals surface area contributed by atoms with Gasteiger partial charge >= 0.3 is 0 Å². The maximum Gasteiger partial charge on any atom is 0.244 e. The maximum absolute atomic E-state index is 12.5. The van der Waals surface area contributed by atoms with Gasteiger partial charge < -0.3 is 10.1 Å². The van der Waals surface area contributed by atoms with Crippen LogP contribution in [0.5, 0.6) is 5.75 Å². The van der Waals surface area contributed by atoms with Gasteiger partial charge in [0.1, 0.15) is 10.6 Å². The summed E-state index contributed by atoms with van der Waals surface area (Å²) in [5, 5.41) is 3.04. The third-order valence-corrected chi connectivity index (χ3v) is 6.32. The molecule has 0 saturated heterocycles. The summed E-state index contributed by atoms with van der Waals surface area (Å²) in [4.78, 5) is 12.6. The number of hydrogen-bond donors (Lipinski definition) is 2. The molecule has 0 aliphatic heterocycles. The summed E-state index contributed by atoms with van der Waals surface area (Å²) in [7, 11) is -2.28. The molecule has 0 heterocycles. The molecule has 0 aromatic heterocycles. The molecule has 0 spiro atoms. The number of nitrogens with one attached hydrogen (secondary N) is 2. The van der Waals surface area contributed by atoms with E-state index >= 15 is 0 Å². The molecule has 7 heteroatoms. The van der Waals surface area contributed by atoms with Crippen molar-refractivity contribution in [3.05, 3.63) is 65.7 Å². The zero-order valence-electron chi connectivity index (χ0n) is 17.2. The molecular weight excluding hydrogens is 388 g/mol. The zero-order valence-corrected chi connectivity index (χ0v) is 18.0. The fourth-order valence-electron chi connectivity index (χ4n) is 2.93. The van der Waals surface area contributed by atoms with E-state index in [4.69, 9.17) is 4.74 Å². The first kappa shape index (κ1) is 22.6. The van der Waals surface area contributed by atoms with Gasteiger partial charge in [-0.2, -0.15) is 0 Å². The standard InChI is InChI=1S/C22H28N2O4S/c1-5-22(3,18-10-8-7-9-11-18)24-21(25)15-13-17-12-14-19(28-4)20(16-17)29(26,27)23-6-2/h7-16,23H,5-6H2,1-4H3,(H,24,25)/b15-13+. The normalized spacial score (nSPS) is 13.8. The van der Waals surface area contributed by atoms with Crippen molar-refractivity contribution in [3.63, 3.8) is 0 Å². The van der Waals surface area contributed by atoms with Gasteiger partial charge in [-0.05, 0) is 42.7 Å². The monoisotopic (exact) mass is 416 g/mol. The first-order chi connectivity index (χ1) is 13.8. The molecule has 2 rings (SSSR count). The lowest BCUT2D eigenvalue weighted by Crippen LogP contribution is -2.42. The van der Waals surface area contributed by atoms with Gasteiger partial charge in [0.25, 0.3) is 0 Å². The minimum atomic E-state index is -3.69. The third kappa shape index (κ3) is 5.68. The topological polar surface area (TPSA) is 84.5 Å². The fraction of sp³-hybridized carbons (Fsp3) is 0.318. The van der Waals surface area contributed by atoms with Crippen LogP contribution >= 0.6 is 0 Å². The highest BCUT2D eigenvalue weighted by Gasteiger charge is 2.25. The first-order valence-electron chi connectivity index (χ1n) is 9.49. The predicted octanol–water partition coefficient (Wildman–Crippen LogP) is 3.45. The summed E-state index contributed by atoms with van der Waals surface area (Å²) in [5.74, 6) is -0.0136. The van der Waals surface area contributed by atoms with Gasteiger partial charge in [-0.25, -0.2) is 13.1 Å². The van der Waals surface area contributed by atoms with Crippen molar-refractivity contribution in [3.8, 4) is 5.75 Å². The van der Waals surface area contributed by atoms with Crippen LogP contribution in [0.25, 0.3) is 6.08 Å². The summed E-state index contributed by atoms with van der Waals surface area (Å²) in [6.07, 6.45) is 3.72. The molecule has 0 radical (unpaired) electrons. The second-order valence-electron chi connectivity index (χ2n) is 6.79. The largest absolute Gasteiger partial charge is 0.495 e.